The Balaban J connectivity index is 1.56. The predicted octanol–water partition coefficient (Wildman–Crippen LogP) is 4.99. The molecule has 0 aliphatic rings. The number of esters is 1. The first-order valence-corrected chi connectivity index (χ1v) is 15.0. The minimum Gasteiger partial charge on any atom is -0.466 e. The van der Waals surface area contributed by atoms with Crippen LogP contribution in [0.25, 0.3) is 0 Å². The molecule has 3 aromatic rings. The van der Waals surface area contributed by atoms with Gasteiger partial charge in [0, 0.05) is 44.4 Å². The molecule has 2 N–H and O–H groups in total. The summed E-state index contributed by atoms with van der Waals surface area (Å²) in [6, 6.07) is 8.86. The number of nitrogens with zero attached hydrogens (tertiary/aromatic N) is 5. The summed E-state index contributed by atoms with van der Waals surface area (Å²) >= 11 is 0. The van der Waals surface area contributed by atoms with E-state index in [0.29, 0.717) is 32.7 Å². The molecule has 0 fully saturated rings. The van der Waals surface area contributed by atoms with Gasteiger partial charge < -0.3 is 19.6 Å². The molecule has 1 aromatic carbocycles. The Bertz CT molecular complexity index is 996. The Morgan fingerprint density at radius 3 is 1.70 bits per heavy atom. The minimum atomic E-state index is -0.117. The molecular formula is C31H49N7O2. The molecule has 9 heteroatoms. The zero-order valence-electron chi connectivity index (χ0n) is 24.8. The van der Waals surface area contributed by atoms with Crippen molar-refractivity contribution in [2.24, 2.45) is 0 Å². The van der Waals surface area contributed by atoms with Crippen LogP contribution in [0, 0.1) is 0 Å². The monoisotopic (exact) mass is 551 g/mol. The lowest BCUT2D eigenvalue weighted by Crippen LogP contribution is -2.30. The number of benzene rings is 1. The first-order chi connectivity index (χ1) is 19.6. The van der Waals surface area contributed by atoms with E-state index in [4.69, 9.17) is 4.74 Å². The molecule has 0 unspecified atom stereocenters. The van der Waals surface area contributed by atoms with Gasteiger partial charge in [0.1, 0.15) is 11.6 Å². The van der Waals surface area contributed by atoms with Crippen LogP contribution in [0.15, 0.2) is 49.1 Å². The molecule has 0 amide bonds. The molecule has 0 bridgehead atoms. The first kappa shape index (κ1) is 31.5. The van der Waals surface area contributed by atoms with Crippen LogP contribution in [0.4, 0.5) is 0 Å². The van der Waals surface area contributed by atoms with E-state index in [-0.39, 0.29) is 5.97 Å². The molecule has 0 atom stereocenters. The number of carbonyl (C=O) groups excluding carboxylic acids is 1. The van der Waals surface area contributed by atoms with E-state index in [1.54, 1.807) is 12.4 Å². The largest absolute Gasteiger partial charge is 0.466 e. The third-order valence-electron chi connectivity index (χ3n) is 6.91. The molecule has 9 nitrogen and oxygen atoms in total. The number of unbranched alkanes of at least 4 members (excludes halogenated alkanes) is 1. The van der Waals surface area contributed by atoms with Crippen molar-refractivity contribution in [1.82, 2.24) is 34.6 Å². The van der Waals surface area contributed by atoms with Crippen LogP contribution in [0.1, 0.15) is 75.7 Å². The maximum absolute atomic E-state index is 12.1. The summed E-state index contributed by atoms with van der Waals surface area (Å²) in [4.78, 5) is 34.6. The van der Waals surface area contributed by atoms with Gasteiger partial charge in [-0.1, -0.05) is 38.1 Å². The highest BCUT2D eigenvalue weighted by molar-refractivity contribution is 5.69. The minimum absolute atomic E-state index is 0.117. The maximum atomic E-state index is 12.1. The normalized spacial score (nSPS) is 11.7. The van der Waals surface area contributed by atoms with E-state index in [9.17, 15) is 4.79 Å². The van der Waals surface area contributed by atoms with Gasteiger partial charge in [-0.2, -0.15) is 0 Å². The third kappa shape index (κ3) is 12.0. The number of hydrogen-bond acceptors (Lipinski definition) is 7. The fourth-order valence-corrected chi connectivity index (χ4v) is 5.02. The van der Waals surface area contributed by atoms with Gasteiger partial charge in [-0.3, -0.25) is 14.6 Å². The zero-order chi connectivity index (χ0) is 28.4. The molecule has 2 heterocycles. The molecule has 0 saturated carbocycles. The molecule has 0 spiro atoms. The van der Waals surface area contributed by atoms with E-state index in [1.807, 2.05) is 19.3 Å². The van der Waals surface area contributed by atoms with Crippen LogP contribution in [-0.2, 0) is 35.7 Å². The summed E-state index contributed by atoms with van der Waals surface area (Å²) in [6.45, 7) is 15.0. The lowest BCUT2D eigenvalue weighted by molar-refractivity contribution is -0.143. The smallest absolute Gasteiger partial charge is 0.307 e. The lowest BCUT2D eigenvalue weighted by atomic mass is 10.1. The highest BCUT2D eigenvalue weighted by atomic mass is 16.5. The second kappa shape index (κ2) is 18.4. The van der Waals surface area contributed by atoms with Gasteiger partial charge in [0.05, 0.1) is 26.1 Å². The average molecular weight is 552 g/mol. The summed E-state index contributed by atoms with van der Waals surface area (Å²) in [5.41, 5.74) is 2.50. The molecule has 0 aliphatic carbocycles. The van der Waals surface area contributed by atoms with Crippen molar-refractivity contribution in [2.75, 3.05) is 39.3 Å². The summed E-state index contributed by atoms with van der Waals surface area (Å²) in [5, 5.41) is 0. The highest BCUT2D eigenvalue weighted by Crippen LogP contribution is 2.14. The summed E-state index contributed by atoms with van der Waals surface area (Å²) in [5.74, 6) is 1.76. The molecule has 2 aromatic heterocycles. The van der Waals surface area contributed by atoms with Gasteiger partial charge in [0.25, 0.3) is 0 Å². The van der Waals surface area contributed by atoms with Gasteiger partial charge in [0.15, 0.2) is 0 Å². The molecule has 3 rings (SSSR count). The van der Waals surface area contributed by atoms with Gasteiger partial charge in [-0.05, 0) is 69.9 Å². The van der Waals surface area contributed by atoms with Crippen molar-refractivity contribution in [3.63, 3.8) is 0 Å². The van der Waals surface area contributed by atoms with Crippen molar-refractivity contribution in [1.29, 1.82) is 0 Å². The fourth-order valence-electron chi connectivity index (χ4n) is 5.02. The molecule has 0 aliphatic heterocycles. The standard InChI is InChI=1S/C31H49N7O2/c1-4-18-36(19-5-2)20-7-8-21-37(22-13-31(39)40-6-3)23-27-9-11-28(12-10-27)24-38(25-29-32-14-15-33-29)26-30-34-16-17-35-30/h9-12,14-17H,4-8,13,18-26H2,1-3H3,(H,32,33)(H,34,35). The van der Waals surface area contributed by atoms with Crippen LogP contribution in [0.2, 0.25) is 0 Å². The van der Waals surface area contributed by atoms with Crippen LogP contribution < -0.4 is 0 Å². The van der Waals surface area contributed by atoms with E-state index in [2.05, 4.69) is 72.7 Å². The molecule has 40 heavy (non-hydrogen) atoms. The average Bonchev–Trinajstić information content (AvgIpc) is 3.66. The fraction of sp³-hybridized carbons (Fsp3) is 0.581. The summed E-state index contributed by atoms with van der Waals surface area (Å²) < 4.78 is 5.19. The van der Waals surface area contributed by atoms with Gasteiger partial charge in [-0.15, -0.1) is 0 Å². The number of imidazole rings is 2. The Morgan fingerprint density at radius 2 is 1.23 bits per heavy atom. The van der Waals surface area contributed by atoms with Crippen LogP contribution in [0.3, 0.4) is 0 Å². The number of hydrogen-bond donors (Lipinski definition) is 2. The van der Waals surface area contributed by atoms with Gasteiger partial charge in [0.2, 0.25) is 0 Å². The molecular weight excluding hydrogens is 502 g/mol. The van der Waals surface area contributed by atoms with E-state index in [1.165, 1.54) is 43.5 Å². The van der Waals surface area contributed by atoms with Gasteiger partial charge in [-0.25, -0.2) is 9.97 Å². The number of nitrogens with one attached hydrogen (secondary N) is 2. The van der Waals surface area contributed by atoms with Crippen molar-refractivity contribution < 1.29 is 9.53 Å². The lowest BCUT2D eigenvalue weighted by Gasteiger charge is -2.24. The van der Waals surface area contributed by atoms with Crippen LogP contribution in [0.5, 0.6) is 0 Å². The van der Waals surface area contributed by atoms with Crippen molar-refractivity contribution >= 4 is 5.97 Å². The topological polar surface area (TPSA) is 93.4 Å². The van der Waals surface area contributed by atoms with Gasteiger partial charge >= 0.3 is 5.97 Å². The highest BCUT2D eigenvalue weighted by Gasteiger charge is 2.13. The number of carbonyl (C=O) groups is 1. The van der Waals surface area contributed by atoms with E-state index >= 15 is 0 Å². The van der Waals surface area contributed by atoms with Crippen molar-refractivity contribution in [3.05, 3.63) is 71.8 Å². The number of aromatic amines is 2. The van der Waals surface area contributed by atoms with Crippen molar-refractivity contribution in [2.45, 2.75) is 79.1 Å². The van der Waals surface area contributed by atoms with Crippen LogP contribution >= 0.6 is 0 Å². The Labute approximate surface area is 240 Å². The Morgan fingerprint density at radius 1 is 0.700 bits per heavy atom. The second-order valence-corrected chi connectivity index (χ2v) is 10.4. The zero-order valence-corrected chi connectivity index (χ0v) is 24.8. The predicted molar refractivity (Wildman–Crippen MR) is 159 cm³/mol. The third-order valence-corrected chi connectivity index (χ3v) is 6.91. The Hall–Kier alpha value is -3.01. The Kier molecular flexibility index (Phi) is 14.5. The number of aromatic nitrogens is 4. The SMILES string of the molecule is CCCN(CCC)CCCCN(CCC(=O)OCC)Cc1ccc(CN(Cc2ncc[nH]2)Cc2ncc[nH]2)cc1. The molecule has 0 saturated heterocycles. The summed E-state index contributed by atoms with van der Waals surface area (Å²) in [7, 11) is 0. The van der Waals surface area contributed by atoms with E-state index < -0.39 is 0 Å². The number of H-pyrrole nitrogens is 2. The molecule has 0 radical (unpaired) electrons. The van der Waals surface area contributed by atoms with E-state index in [0.717, 1.165) is 44.2 Å². The van der Waals surface area contributed by atoms with Crippen LogP contribution in [-0.4, -0.2) is 79.9 Å². The summed E-state index contributed by atoms with van der Waals surface area (Å²) in [6.07, 6.45) is 12.4. The quantitative estimate of drug-likeness (QED) is 0.142. The van der Waals surface area contributed by atoms with Crippen molar-refractivity contribution in [3.8, 4) is 0 Å². The molecule has 220 valence electrons. The number of ether oxygens (including phenoxy) is 1. The first-order valence-electron chi connectivity index (χ1n) is 15.0. The maximum Gasteiger partial charge on any atom is 0.307 e. The number of rotatable bonds is 21. The second-order valence-electron chi connectivity index (χ2n) is 10.4.